The SMILES string of the molecule is CCC[C@@H](c1cc([N+](=O)[O-])ccc1O)N1CCNCC1. The third-order valence-corrected chi connectivity index (χ3v) is 3.74. The normalized spacial score (nSPS) is 17.9. The van der Waals surface area contributed by atoms with Crippen LogP contribution < -0.4 is 5.32 Å². The number of hydrogen-bond donors (Lipinski definition) is 2. The molecule has 20 heavy (non-hydrogen) atoms. The highest BCUT2D eigenvalue weighted by molar-refractivity contribution is 5.44. The Bertz CT molecular complexity index is 473. The van der Waals surface area contributed by atoms with Crippen LogP contribution in [-0.2, 0) is 0 Å². The summed E-state index contributed by atoms with van der Waals surface area (Å²) < 4.78 is 0. The van der Waals surface area contributed by atoms with Gasteiger partial charge in [0.15, 0.2) is 0 Å². The van der Waals surface area contributed by atoms with Crippen molar-refractivity contribution >= 4 is 5.69 Å². The predicted octanol–water partition coefficient (Wildman–Crippen LogP) is 2.05. The Morgan fingerprint density at radius 1 is 1.45 bits per heavy atom. The van der Waals surface area contributed by atoms with Crippen LogP contribution in [0.1, 0.15) is 31.4 Å². The first kappa shape index (κ1) is 14.7. The van der Waals surface area contributed by atoms with Gasteiger partial charge >= 0.3 is 0 Å². The minimum atomic E-state index is -0.413. The molecule has 1 aliphatic heterocycles. The summed E-state index contributed by atoms with van der Waals surface area (Å²) in [5, 5.41) is 24.3. The first-order chi connectivity index (χ1) is 9.63. The van der Waals surface area contributed by atoms with E-state index in [2.05, 4.69) is 17.1 Å². The van der Waals surface area contributed by atoms with E-state index in [-0.39, 0.29) is 17.5 Å². The van der Waals surface area contributed by atoms with Gasteiger partial charge in [-0.15, -0.1) is 0 Å². The molecule has 0 aliphatic carbocycles. The molecule has 1 atom stereocenters. The molecule has 1 fully saturated rings. The number of non-ortho nitro benzene ring substituents is 1. The second-order valence-electron chi connectivity index (χ2n) is 5.09. The lowest BCUT2D eigenvalue weighted by Crippen LogP contribution is -2.45. The van der Waals surface area contributed by atoms with E-state index in [1.807, 2.05) is 0 Å². The number of phenols is 1. The smallest absolute Gasteiger partial charge is 0.270 e. The predicted molar refractivity (Wildman–Crippen MR) is 76.9 cm³/mol. The fourth-order valence-electron chi connectivity index (χ4n) is 2.72. The summed E-state index contributed by atoms with van der Waals surface area (Å²) in [6, 6.07) is 4.33. The van der Waals surface area contributed by atoms with Gasteiger partial charge in [-0.2, -0.15) is 0 Å². The molecule has 6 heteroatoms. The molecule has 1 aromatic rings. The zero-order chi connectivity index (χ0) is 14.5. The van der Waals surface area contributed by atoms with E-state index in [1.165, 1.54) is 18.2 Å². The fraction of sp³-hybridized carbons (Fsp3) is 0.571. The van der Waals surface area contributed by atoms with Gasteiger partial charge in [0.25, 0.3) is 5.69 Å². The summed E-state index contributed by atoms with van der Waals surface area (Å²) in [6.07, 6.45) is 1.85. The lowest BCUT2D eigenvalue weighted by molar-refractivity contribution is -0.385. The molecule has 6 nitrogen and oxygen atoms in total. The van der Waals surface area contributed by atoms with Crippen molar-refractivity contribution in [1.29, 1.82) is 0 Å². The minimum absolute atomic E-state index is 0.0361. The number of piperazine rings is 1. The zero-order valence-electron chi connectivity index (χ0n) is 11.7. The van der Waals surface area contributed by atoms with Crippen molar-refractivity contribution in [3.05, 3.63) is 33.9 Å². The van der Waals surface area contributed by atoms with Crippen molar-refractivity contribution in [2.24, 2.45) is 0 Å². The first-order valence-electron chi connectivity index (χ1n) is 7.05. The van der Waals surface area contributed by atoms with Crippen molar-refractivity contribution in [3.8, 4) is 5.75 Å². The maximum absolute atomic E-state index is 10.9. The van der Waals surface area contributed by atoms with Gasteiger partial charge in [0.05, 0.1) is 4.92 Å². The lowest BCUT2D eigenvalue weighted by atomic mass is 9.98. The van der Waals surface area contributed by atoms with Crippen molar-refractivity contribution in [1.82, 2.24) is 10.2 Å². The van der Waals surface area contributed by atoms with Crippen LogP contribution in [0, 0.1) is 10.1 Å². The molecular weight excluding hydrogens is 258 g/mol. The molecule has 1 heterocycles. The molecule has 0 spiro atoms. The van der Waals surface area contributed by atoms with E-state index in [4.69, 9.17) is 0 Å². The summed E-state index contributed by atoms with van der Waals surface area (Å²) >= 11 is 0. The number of nitrogens with one attached hydrogen (secondary N) is 1. The van der Waals surface area contributed by atoms with Gasteiger partial charge in [-0.05, 0) is 12.5 Å². The fourth-order valence-corrected chi connectivity index (χ4v) is 2.72. The maximum Gasteiger partial charge on any atom is 0.270 e. The topological polar surface area (TPSA) is 78.6 Å². The Kier molecular flexibility index (Phi) is 4.92. The molecule has 0 radical (unpaired) electrons. The molecule has 0 saturated carbocycles. The van der Waals surface area contributed by atoms with Crippen molar-refractivity contribution in [2.75, 3.05) is 26.2 Å². The average molecular weight is 279 g/mol. The van der Waals surface area contributed by atoms with E-state index < -0.39 is 4.92 Å². The van der Waals surface area contributed by atoms with Crippen LogP contribution in [0.25, 0.3) is 0 Å². The van der Waals surface area contributed by atoms with Gasteiger partial charge in [-0.25, -0.2) is 0 Å². The van der Waals surface area contributed by atoms with E-state index in [0.29, 0.717) is 5.56 Å². The number of nitro groups is 1. The molecule has 110 valence electrons. The van der Waals surface area contributed by atoms with Gasteiger partial charge in [0.2, 0.25) is 0 Å². The zero-order valence-corrected chi connectivity index (χ0v) is 11.7. The van der Waals surface area contributed by atoms with Gasteiger partial charge in [0, 0.05) is 49.9 Å². The van der Waals surface area contributed by atoms with Gasteiger partial charge < -0.3 is 10.4 Å². The molecule has 1 aliphatic rings. The molecule has 2 rings (SSSR count). The number of benzene rings is 1. The monoisotopic (exact) mass is 279 g/mol. The van der Waals surface area contributed by atoms with Crippen LogP contribution in [0.2, 0.25) is 0 Å². The van der Waals surface area contributed by atoms with Crippen LogP contribution in [0.3, 0.4) is 0 Å². The highest BCUT2D eigenvalue weighted by atomic mass is 16.6. The molecule has 0 unspecified atom stereocenters. The summed E-state index contributed by atoms with van der Waals surface area (Å²) in [4.78, 5) is 12.8. The quantitative estimate of drug-likeness (QED) is 0.637. The molecule has 0 aromatic heterocycles. The number of rotatable bonds is 5. The van der Waals surface area contributed by atoms with E-state index in [9.17, 15) is 15.2 Å². The second kappa shape index (κ2) is 6.67. The molecule has 1 aromatic carbocycles. The van der Waals surface area contributed by atoms with Crippen LogP contribution in [0.4, 0.5) is 5.69 Å². The maximum atomic E-state index is 10.9. The summed E-state index contributed by atoms with van der Waals surface area (Å²) in [6.45, 7) is 5.70. The second-order valence-corrected chi connectivity index (χ2v) is 5.09. The molecule has 0 bridgehead atoms. The van der Waals surface area contributed by atoms with E-state index in [0.717, 1.165) is 39.0 Å². The van der Waals surface area contributed by atoms with Crippen LogP contribution in [-0.4, -0.2) is 41.1 Å². The number of hydrogen-bond acceptors (Lipinski definition) is 5. The Hall–Kier alpha value is -1.66. The lowest BCUT2D eigenvalue weighted by Gasteiger charge is -2.35. The Balaban J connectivity index is 2.31. The van der Waals surface area contributed by atoms with Crippen LogP contribution >= 0.6 is 0 Å². The highest BCUT2D eigenvalue weighted by Crippen LogP contribution is 2.34. The van der Waals surface area contributed by atoms with Gasteiger partial charge in [-0.1, -0.05) is 13.3 Å². The van der Waals surface area contributed by atoms with Crippen molar-refractivity contribution < 1.29 is 10.0 Å². The molecule has 2 N–H and O–H groups in total. The molecular formula is C14H21N3O3. The molecule has 1 saturated heterocycles. The number of aromatic hydroxyl groups is 1. The Morgan fingerprint density at radius 2 is 2.15 bits per heavy atom. The summed E-state index contributed by atoms with van der Waals surface area (Å²) in [5.74, 6) is 0.146. The number of nitro benzene ring substituents is 1. The van der Waals surface area contributed by atoms with Crippen LogP contribution in [0.15, 0.2) is 18.2 Å². The van der Waals surface area contributed by atoms with Gasteiger partial charge in [-0.3, -0.25) is 15.0 Å². The summed E-state index contributed by atoms with van der Waals surface area (Å²) in [5.41, 5.74) is 0.706. The third kappa shape index (κ3) is 3.26. The van der Waals surface area contributed by atoms with Crippen molar-refractivity contribution in [2.45, 2.75) is 25.8 Å². The first-order valence-corrected chi connectivity index (χ1v) is 7.05. The minimum Gasteiger partial charge on any atom is -0.508 e. The van der Waals surface area contributed by atoms with Crippen molar-refractivity contribution in [3.63, 3.8) is 0 Å². The Labute approximate surface area is 118 Å². The highest BCUT2D eigenvalue weighted by Gasteiger charge is 2.25. The number of nitrogens with zero attached hydrogens (tertiary/aromatic N) is 2. The average Bonchev–Trinajstić information content (AvgIpc) is 2.46. The van der Waals surface area contributed by atoms with Crippen LogP contribution in [0.5, 0.6) is 5.75 Å². The Morgan fingerprint density at radius 3 is 2.75 bits per heavy atom. The van der Waals surface area contributed by atoms with Gasteiger partial charge in [0.1, 0.15) is 5.75 Å². The van der Waals surface area contributed by atoms with E-state index in [1.54, 1.807) is 0 Å². The number of phenolic OH excluding ortho intramolecular Hbond substituents is 1. The third-order valence-electron chi connectivity index (χ3n) is 3.74. The standard InChI is InChI=1S/C14H21N3O3/c1-2-3-13(16-8-6-15-7-9-16)12-10-11(17(19)20)4-5-14(12)18/h4-5,10,13,15,18H,2-3,6-9H2,1H3/t13-/m0/s1. The van der Waals surface area contributed by atoms with E-state index >= 15 is 0 Å². The largest absolute Gasteiger partial charge is 0.508 e. The molecule has 0 amide bonds. The summed E-state index contributed by atoms with van der Waals surface area (Å²) in [7, 11) is 0.